The third kappa shape index (κ3) is 15.0. The maximum atomic E-state index is 14.7. The number of hydrogen-bond donors (Lipinski definition) is 7. The average Bonchev–Trinajstić information content (AvgIpc) is 2.14. The number of hydrazone groups is 1. The molecule has 3 fully saturated rings. The van der Waals surface area contributed by atoms with Crippen LogP contribution in [-0.2, 0) is 48.4 Å². The molecule has 7 rings (SSSR count). The molecular weight excluding hydrogens is 1100 g/mol. The molecule has 464 valence electrons. The fourth-order valence-corrected chi connectivity index (χ4v) is 13.1. The number of amidine groups is 1. The smallest absolute Gasteiger partial charge is 0.428 e. The molecule has 3 aliphatic heterocycles. The fourth-order valence-electron chi connectivity index (χ4n) is 12.5. The van der Waals surface area contributed by atoms with Crippen LogP contribution in [-0.4, -0.2) is 178 Å². The SMILES string of the molecule is CC[C@H]1OC(=O)[C@H](C)[C@@H](O[C@H]2C[C@@](C)(OC)[C@@H](OC(=O)N/N=C(\NOC(c3ccccc3)(c3ccccc3)c3ccccc3)c3csc(N)n3)[C@H](C)O2)[C@H](C)[C@@H](O[C@@H]2O[C@H](C)C[C@H](N(C)C)[C@H]2O)[C@](C)(O)C[C@@H](C)CN(C)[C@H](C)[C@@H](O)[C@]1(C)O. The second kappa shape index (κ2) is 28.1. The Morgan fingerprint density at radius 2 is 1.48 bits per heavy atom. The van der Waals surface area contributed by atoms with E-state index in [9.17, 15) is 30.0 Å². The van der Waals surface area contributed by atoms with Crippen molar-refractivity contribution in [3.8, 4) is 0 Å². The monoisotopic (exact) mass is 1190 g/mol. The maximum absolute atomic E-state index is 14.7. The molecule has 3 aliphatic rings. The Bertz CT molecular complexity index is 2670. The second-order valence-corrected chi connectivity index (χ2v) is 25.1. The molecule has 0 unspecified atom stereocenters. The van der Waals surface area contributed by atoms with Crippen LogP contribution in [0.2, 0.25) is 0 Å². The normalized spacial score (nSPS) is 35.3. The molecule has 84 heavy (non-hydrogen) atoms. The Morgan fingerprint density at radius 3 is 2.00 bits per heavy atom. The van der Waals surface area contributed by atoms with Crippen molar-refractivity contribution in [3.63, 3.8) is 0 Å². The number of nitrogens with zero attached hydrogens (tertiary/aromatic N) is 4. The van der Waals surface area contributed by atoms with Crippen LogP contribution in [0.3, 0.4) is 0 Å². The summed E-state index contributed by atoms with van der Waals surface area (Å²) >= 11 is 1.17. The predicted molar refractivity (Wildman–Crippen MR) is 318 cm³/mol. The molecule has 0 spiro atoms. The lowest BCUT2D eigenvalue weighted by Crippen LogP contribution is -2.61. The van der Waals surface area contributed by atoms with Gasteiger partial charge in [-0.25, -0.2) is 20.7 Å². The fraction of sp³-hybridized carbons (Fsp3) is 0.613. The number of carbonyl (C=O) groups excluding carboxylic acids is 2. The number of ether oxygens (including phenoxy) is 7. The number of aliphatic hydroxyl groups excluding tert-OH is 2. The number of hydroxylamine groups is 1. The number of carbonyl (C=O) groups is 2. The van der Waals surface area contributed by atoms with Crippen LogP contribution in [0.25, 0.3) is 0 Å². The minimum Gasteiger partial charge on any atom is -0.459 e. The number of likely N-dealkylation sites (N-methyl/N-ethyl adjacent to an activating group) is 2. The van der Waals surface area contributed by atoms with Crippen molar-refractivity contribution in [3.05, 3.63) is 119 Å². The molecule has 1 amide bonds. The number of methoxy groups -OCH3 is 1. The van der Waals surface area contributed by atoms with E-state index in [2.05, 4.69) is 21.0 Å². The number of aromatic nitrogens is 1. The number of amides is 1. The van der Waals surface area contributed by atoms with Crippen molar-refractivity contribution in [1.29, 1.82) is 0 Å². The predicted octanol–water partition coefficient (Wildman–Crippen LogP) is 6.55. The van der Waals surface area contributed by atoms with E-state index in [-0.39, 0.29) is 54.0 Å². The van der Waals surface area contributed by atoms with Crippen LogP contribution in [0.15, 0.2) is 101 Å². The molecule has 0 radical (unpaired) electrons. The molecule has 0 aliphatic carbocycles. The number of anilines is 1. The zero-order valence-corrected chi connectivity index (χ0v) is 51.9. The highest BCUT2D eigenvalue weighted by atomic mass is 32.1. The van der Waals surface area contributed by atoms with Crippen LogP contribution < -0.4 is 16.6 Å². The Balaban J connectivity index is 1.18. The van der Waals surface area contributed by atoms with E-state index >= 15 is 0 Å². The lowest BCUT2D eigenvalue weighted by atomic mass is 9.77. The molecular formula is C62H91N7O14S. The lowest BCUT2D eigenvalue weighted by Gasteiger charge is -2.49. The molecule has 3 saturated heterocycles. The molecule has 21 nitrogen and oxygen atoms in total. The van der Waals surface area contributed by atoms with E-state index in [1.54, 1.807) is 53.8 Å². The summed E-state index contributed by atoms with van der Waals surface area (Å²) in [5.41, 5.74) is 8.22. The minimum absolute atomic E-state index is 0.00256. The molecule has 1 aromatic heterocycles. The van der Waals surface area contributed by atoms with Crippen LogP contribution in [0.4, 0.5) is 9.93 Å². The third-order valence-corrected chi connectivity index (χ3v) is 17.9. The van der Waals surface area contributed by atoms with Crippen LogP contribution >= 0.6 is 11.3 Å². The number of aliphatic hydroxyl groups is 4. The molecule has 4 heterocycles. The van der Waals surface area contributed by atoms with E-state index in [0.29, 0.717) is 13.0 Å². The summed E-state index contributed by atoms with van der Waals surface area (Å²) in [6.07, 6.45) is -10.8. The van der Waals surface area contributed by atoms with E-state index in [1.165, 1.54) is 25.4 Å². The molecule has 0 saturated carbocycles. The van der Waals surface area contributed by atoms with Gasteiger partial charge in [0.25, 0.3) is 0 Å². The third-order valence-electron chi connectivity index (χ3n) is 17.3. The Morgan fingerprint density at radius 1 is 0.893 bits per heavy atom. The summed E-state index contributed by atoms with van der Waals surface area (Å²) in [6, 6.07) is 28.1. The van der Waals surface area contributed by atoms with Crippen molar-refractivity contribution in [1.82, 2.24) is 25.7 Å². The van der Waals surface area contributed by atoms with Crippen molar-refractivity contribution in [2.45, 2.75) is 191 Å². The van der Waals surface area contributed by atoms with Gasteiger partial charge in [0.1, 0.15) is 35.2 Å². The van der Waals surface area contributed by atoms with Gasteiger partial charge in [0.15, 0.2) is 35.3 Å². The van der Waals surface area contributed by atoms with Gasteiger partial charge in [0.05, 0.1) is 35.9 Å². The van der Waals surface area contributed by atoms with E-state index in [0.717, 1.165) is 16.7 Å². The van der Waals surface area contributed by atoms with Crippen LogP contribution in [0.1, 0.15) is 117 Å². The highest BCUT2D eigenvalue weighted by molar-refractivity contribution is 7.13. The zero-order chi connectivity index (χ0) is 61.5. The van der Waals surface area contributed by atoms with Gasteiger partial charge in [-0.15, -0.1) is 16.4 Å². The quantitative estimate of drug-likeness (QED) is 0.0219. The largest absolute Gasteiger partial charge is 0.459 e. The molecule has 3 aromatic carbocycles. The first kappa shape index (κ1) is 66.3. The van der Waals surface area contributed by atoms with Crippen molar-refractivity contribution < 1.29 is 68.0 Å². The molecule has 18 atom stereocenters. The number of nitrogens with two attached hydrogens (primary N) is 1. The first-order valence-electron chi connectivity index (χ1n) is 29.1. The molecule has 0 bridgehead atoms. The molecule has 22 heteroatoms. The second-order valence-electron chi connectivity index (χ2n) is 24.2. The molecule has 4 aromatic rings. The Labute approximate surface area is 499 Å². The summed E-state index contributed by atoms with van der Waals surface area (Å²) in [7, 11) is 7.04. The summed E-state index contributed by atoms with van der Waals surface area (Å²) in [4.78, 5) is 44.0. The highest BCUT2D eigenvalue weighted by Gasteiger charge is 2.54. The minimum atomic E-state index is -1.89. The number of nitrogen functional groups attached to an aromatic ring is 1. The van der Waals surface area contributed by atoms with Gasteiger partial charge in [-0.05, 0) is 111 Å². The standard InChI is InChI=1S/C62H91N7O14S/c1-15-47-61(10,75)51(71)40(6)69(13)34-36(2)32-59(8,74)52(81-56-49(70)46(68(11)12)31-37(3)77-56)38(4)50(39(5)55(72)79-47)80-48-33-60(9,76-14)53(41(7)78-48)82-58(73)66-65-54(45-35-84-57(63)64-45)67-83-62(42-25-19-16-20-26-42,43-27-21-17-22-28-43)44-29-23-18-24-30-44/h16-30,35-41,46-53,56,70-71,74-75H,15,31-34H2,1-14H3,(H2,63,64)(H,65,67)(H,66,73)/t36-,37-,38+,39-,40-,41+,46+,47-,48+,49-,50+,51-,52-,53+,56+,59-,60-,61-/m1/s1. The number of rotatable bonds is 15. The highest BCUT2D eigenvalue weighted by Crippen LogP contribution is 2.43. The van der Waals surface area contributed by atoms with E-state index in [1.807, 2.05) is 136 Å². The number of nitrogens with one attached hydrogen (secondary N) is 2. The van der Waals surface area contributed by atoms with E-state index in [4.69, 9.17) is 43.7 Å². The Hall–Kier alpha value is -5.18. The first-order valence-corrected chi connectivity index (χ1v) is 30.0. The number of hydrogen-bond acceptors (Lipinski definition) is 20. The summed E-state index contributed by atoms with van der Waals surface area (Å²) in [6.45, 7) is 17.8. The zero-order valence-electron chi connectivity index (χ0n) is 51.1. The van der Waals surface area contributed by atoms with Gasteiger partial charge in [-0.1, -0.05) is 112 Å². The number of benzene rings is 3. The topological polar surface area (TPSA) is 271 Å². The number of thiazole rings is 1. The van der Waals surface area contributed by atoms with Crippen molar-refractivity contribution in [2.75, 3.05) is 40.5 Å². The van der Waals surface area contributed by atoms with Crippen molar-refractivity contribution in [2.24, 2.45) is 22.9 Å². The maximum Gasteiger partial charge on any atom is 0.428 e. The van der Waals surface area contributed by atoms with Gasteiger partial charge < -0.3 is 69.1 Å². The van der Waals surface area contributed by atoms with Gasteiger partial charge in [0.2, 0.25) is 0 Å². The van der Waals surface area contributed by atoms with Crippen molar-refractivity contribution >= 4 is 34.4 Å². The number of esters is 1. The van der Waals surface area contributed by atoms with Gasteiger partial charge >= 0.3 is 12.1 Å². The molecule has 8 N–H and O–H groups in total. The average molecular weight is 1190 g/mol. The Kier molecular flexibility index (Phi) is 22.2. The van der Waals surface area contributed by atoms with Gasteiger partial charge in [-0.3, -0.25) is 9.63 Å². The van der Waals surface area contributed by atoms with Gasteiger partial charge in [0, 0.05) is 43.5 Å². The van der Waals surface area contributed by atoms with Gasteiger partial charge in [-0.2, -0.15) is 0 Å². The van der Waals surface area contributed by atoms with E-state index < -0.39 is 108 Å². The van der Waals surface area contributed by atoms with Crippen LogP contribution in [0.5, 0.6) is 0 Å². The first-order chi connectivity index (χ1) is 39.7. The van der Waals surface area contributed by atoms with Crippen LogP contribution in [0, 0.1) is 17.8 Å². The number of cyclic esters (lactones) is 1. The summed E-state index contributed by atoms with van der Waals surface area (Å²) in [5.74, 6) is -2.99. The summed E-state index contributed by atoms with van der Waals surface area (Å²) < 4.78 is 45.3. The lowest BCUT2D eigenvalue weighted by molar-refractivity contribution is -0.317. The summed E-state index contributed by atoms with van der Waals surface area (Å²) in [5, 5.41) is 54.9.